The summed E-state index contributed by atoms with van der Waals surface area (Å²) in [6, 6.07) is 7.50. The van der Waals surface area contributed by atoms with Crippen LogP contribution in [0.1, 0.15) is 54.4 Å². The van der Waals surface area contributed by atoms with Crippen LogP contribution < -0.4 is 10.6 Å². The monoisotopic (exact) mass is 397 g/mol. The minimum atomic E-state index is -0.127. The van der Waals surface area contributed by atoms with Crippen molar-refractivity contribution in [3.8, 4) is 0 Å². The van der Waals surface area contributed by atoms with Gasteiger partial charge in [0.2, 0.25) is 5.91 Å². The summed E-state index contributed by atoms with van der Waals surface area (Å²) in [4.78, 5) is 29.6. The Bertz CT molecular complexity index is 782. The van der Waals surface area contributed by atoms with E-state index in [2.05, 4.69) is 15.6 Å². The number of aliphatic imine (C=N–C) groups is 1. The van der Waals surface area contributed by atoms with Gasteiger partial charge in [-0.2, -0.15) is 0 Å². The SMILES string of the molecule is O=C(NC1=NCCS1)c1ccc(CNC(=O)C23CC4CC(CC(C4)C2)C3)cc1. The standard InChI is InChI=1S/C22H27N3O2S/c26-19(25-21-23-5-6-28-21)18-3-1-14(2-4-18)13-24-20(27)22-10-15-7-16(11-22)9-17(8-15)12-22/h1-4,15-17H,5-13H2,(H,24,27)(H,23,25,26). The Balaban J connectivity index is 1.18. The van der Waals surface area contributed by atoms with Gasteiger partial charge in [-0.3, -0.25) is 14.6 Å². The van der Waals surface area contributed by atoms with Crippen molar-refractivity contribution in [2.45, 2.75) is 45.1 Å². The minimum Gasteiger partial charge on any atom is -0.352 e. The normalized spacial score (nSPS) is 32.9. The molecule has 1 aromatic rings. The predicted molar refractivity (Wildman–Crippen MR) is 111 cm³/mol. The summed E-state index contributed by atoms with van der Waals surface area (Å²) >= 11 is 1.57. The summed E-state index contributed by atoms with van der Waals surface area (Å²) in [6.45, 7) is 1.30. The summed E-state index contributed by atoms with van der Waals surface area (Å²) in [5.74, 6) is 3.38. The van der Waals surface area contributed by atoms with Crippen molar-refractivity contribution in [2.24, 2.45) is 28.2 Å². The van der Waals surface area contributed by atoms with Crippen molar-refractivity contribution < 1.29 is 9.59 Å². The molecular formula is C22H27N3O2S. The maximum atomic E-state index is 13.0. The van der Waals surface area contributed by atoms with Gasteiger partial charge in [0, 0.05) is 23.3 Å². The molecule has 0 unspecified atom stereocenters. The molecule has 5 nitrogen and oxygen atoms in total. The average molecular weight is 398 g/mol. The fourth-order valence-electron chi connectivity index (χ4n) is 6.11. The third kappa shape index (κ3) is 3.47. The van der Waals surface area contributed by atoms with Crippen molar-refractivity contribution in [2.75, 3.05) is 12.3 Å². The molecule has 0 atom stereocenters. The van der Waals surface area contributed by atoms with Crippen molar-refractivity contribution in [3.05, 3.63) is 35.4 Å². The molecule has 4 aliphatic carbocycles. The van der Waals surface area contributed by atoms with E-state index in [1.165, 1.54) is 19.3 Å². The molecule has 6 rings (SSSR count). The van der Waals surface area contributed by atoms with Crippen LogP contribution in [0.5, 0.6) is 0 Å². The molecule has 1 heterocycles. The Labute approximate surface area is 170 Å². The number of thioether (sulfide) groups is 1. The van der Waals surface area contributed by atoms with Crippen molar-refractivity contribution >= 4 is 28.7 Å². The maximum absolute atomic E-state index is 13.0. The second-order valence-corrected chi connectivity index (χ2v) is 10.2. The largest absolute Gasteiger partial charge is 0.352 e. The smallest absolute Gasteiger partial charge is 0.257 e. The Hall–Kier alpha value is -1.82. The molecule has 0 radical (unpaired) electrons. The highest BCUT2D eigenvalue weighted by molar-refractivity contribution is 8.14. The van der Waals surface area contributed by atoms with Gasteiger partial charge in [0.25, 0.3) is 5.91 Å². The summed E-state index contributed by atoms with van der Waals surface area (Å²) in [5.41, 5.74) is 1.54. The first-order valence-electron chi connectivity index (χ1n) is 10.5. The number of rotatable bonds is 4. The topological polar surface area (TPSA) is 70.6 Å². The fourth-order valence-corrected chi connectivity index (χ4v) is 6.84. The van der Waals surface area contributed by atoms with Gasteiger partial charge >= 0.3 is 0 Å². The third-order valence-electron chi connectivity index (χ3n) is 7.00. The number of amides is 2. The van der Waals surface area contributed by atoms with Gasteiger partial charge in [-0.15, -0.1) is 0 Å². The van der Waals surface area contributed by atoms with Crippen LogP contribution in [0.25, 0.3) is 0 Å². The molecule has 1 aliphatic heterocycles. The lowest BCUT2D eigenvalue weighted by molar-refractivity contribution is -0.146. The van der Waals surface area contributed by atoms with Crippen LogP contribution in [0.4, 0.5) is 0 Å². The first-order valence-corrected chi connectivity index (χ1v) is 11.4. The van der Waals surface area contributed by atoms with E-state index in [0.29, 0.717) is 17.3 Å². The number of nitrogens with one attached hydrogen (secondary N) is 2. The number of amidine groups is 1. The predicted octanol–water partition coefficient (Wildman–Crippen LogP) is 3.35. The maximum Gasteiger partial charge on any atom is 0.257 e. The number of carbonyl (C=O) groups excluding carboxylic acids is 2. The lowest BCUT2D eigenvalue weighted by Crippen LogP contribution is -2.53. The van der Waals surface area contributed by atoms with Crippen LogP contribution in [-0.4, -0.2) is 29.3 Å². The first-order chi connectivity index (χ1) is 13.6. The second-order valence-electron chi connectivity index (χ2n) is 9.07. The van der Waals surface area contributed by atoms with Gasteiger partial charge in [0.1, 0.15) is 0 Å². The Morgan fingerprint density at radius 1 is 1.04 bits per heavy atom. The number of hydrogen-bond acceptors (Lipinski definition) is 4. The van der Waals surface area contributed by atoms with Crippen LogP contribution in [0, 0.1) is 23.2 Å². The molecule has 4 saturated carbocycles. The zero-order valence-corrected chi connectivity index (χ0v) is 16.9. The van der Waals surface area contributed by atoms with Crippen molar-refractivity contribution in [1.29, 1.82) is 0 Å². The average Bonchev–Trinajstić information content (AvgIpc) is 3.18. The molecule has 1 aromatic carbocycles. The number of carbonyl (C=O) groups is 2. The highest BCUT2D eigenvalue weighted by Crippen LogP contribution is 2.60. The summed E-state index contributed by atoms with van der Waals surface area (Å²) in [5, 5.41) is 6.75. The zero-order chi connectivity index (χ0) is 19.1. The molecule has 0 saturated heterocycles. The van der Waals surface area contributed by atoms with Crippen molar-refractivity contribution in [3.63, 3.8) is 0 Å². The Morgan fingerprint density at radius 3 is 2.25 bits per heavy atom. The molecule has 4 bridgehead atoms. The van der Waals surface area contributed by atoms with E-state index in [1.807, 2.05) is 24.3 Å². The van der Waals surface area contributed by atoms with E-state index in [4.69, 9.17) is 0 Å². The number of hydrogen-bond donors (Lipinski definition) is 2. The van der Waals surface area contributed by atoms with E-state index in [0.717, 1.165) is 54.9 Å². The quantitative estimate of drug-likeness (QED) is 0.818. The lowest BCUT2D eigenvalue weighted by atomic mass is 9.49. The molecule has 28 heavy (non-hydrogen) atoms. The van der Waals surface area contributed by atoms with Crippen LogP contribution in [0.15, 0.2) is 29.3 Å². The van der Waals surface area contributed by atoms with E-state index in [1.54, 1.807) is 11.8 Å². The van der Waals surface area contributed by atoms with E-state index >= 15 is 0 Å². The van der Waals surface area contributed by atoms with Gasteiger partial charge in [0.15, 0.2) is 5.17 Å². The van der Waals surface area contributed by atoms with Gasteiger partial charge in [-0.1, -0.05) is 23.9 Å². The Morgan fingerprint density at radius 2 is 1.68 bits per heavy atom. The molecule has 4 fully saturated rings. The highest BCUT2D eigenvalue weighted by atomic mass is 32.2. The molecule has 2 amide bonds. The number of nitrogens with zero attached hydrogens (tertiary/aromatic N) is 1. The zero-order valence-electron chi connectivity index (χ0n) is 16.1. The second kappa shape index (κ2) is 7.21. The van der Waals surface area contributed by atoms with Crippen LogP contribution in [0.3, 0.4) is 0 Å². The van der Waals surface area contributed by atoms with Gasteiger partial charge in [0.05, 0.1) is 6.54 Å². The molecular weight excluding hydrogens is 370 g/mol. The van der Waals surface area contributed by atoms with Crippen LogP contribution in [0.2, 0.25) is 0 Å². The molecule has 6 heteroatoms. The molecule has 5 aliphatic rings. The van der Waals surface area contributed by atoms with Crippen LogP contribution >= 0.6 is 11.8 Å². The summed E-state index contributed by atoms with van der Waals surface area (Å²) < 4.78 is 0. The van der Waals surface area contributed by atoms with E-state index in [-0.39, 0.29) is 17.2 Å². The molecule has 148 valence electrons. The molecule has 2 N–H and O–H groups in total. The van der Waals surface area contributed by atoms with Crippen molar-refractivity contribution in [1.82, 2.24) is 10.6 Å². The number of benzene rings is 1. The lowest BCUT2D eigenvalue weighted by Gasteiger charge is -2.55. The third-order valence-corrected chi connectivity index (χ3v) is 7.89. The highest BCUT2D eigenvalue weighted by Gasteiger charge is 2.54. The Kier molecular flexibility index (Phi) is 4.69. The summed E-state index contributed by atoms with van der Waals surface area (Å²) in [6.07, 6.45) is 7.31. The van der Waals surface area contributed by atoms with Gasteiger partial charge in [-0.05, 0) is 74.0 Å². The fraction of sp³-hybridized carbons (Fsp3) is 0.591. The van der Waals surface area contributed by atoms with Gasteiger partial charge in [-0.25, -0.2) is 0 Å². The van der Waals surface area contributed by atoms with E-state index in [9.17, 15) is 9.59 Å². The molecule has 0 aromatic heterocycles. The van der Waals surface area contributed by atoms with Gasteiger partial charge < -0.3 is 10.6 Å². The minimum absolute atomic E-state index is 0.103. The first kappa shape index (κ1) is 18.2. The molecule has 0 spiro atoms. The van der Waals surface area contributed by atoms with Crippen LogP contribution in [-0.2, 0) is 11.3 Å². The van der Waals surface area contributed by atoms with E-state index < -0.39 is 0 Å². The summed E-state index contributed by atoms with van der Waals surface area (Å²) in [7, 11) is 0.